The van der Waals surface area contributed by atoms with E-state index in [0.717, 1.165) is 32.1 Å². The Morgan fingerprint density at radius 1 is 1.03 bits per heavy atom. The normalized spacial score (nSPS) is 18.3. The fraction of sp³-hybridized carbons (Fsp3) is 0.524. The first-order valence-corrected chi connectivity index (χ1v) is 11.6. The predicted molar refractivity (Wildman–Crippen MR) is 113 cm³/mol. The smallest absolute Gasteiger partial charge is 0.355 e. The molecule has 1 aliphatic carbocycles. The maximum Gasteiger partial charge on any atom is 0.355 e. The average molecular weight is 453 g/mol. The van der Waals surface area contributed by atoms with Crippen LogP contribution in [0.2, 0.25) is 0 Å². The van der Waals surface area contributed by atoms with Crippen LogP contribution in [-0.2, 0) is 33.8 Å². The van der Waals surface area contributed by atoms with Crippen molar-refractivity contribution in [1.29, 1.82) is 0 Å². The van der Waals surface area contributed by atoms with Gasteiger partial charge in [0, 0.05) is 18.8 Å². The molecule has 31 heavy (non-hydrogen) atoms. The zero-order valence-corrected chi connectivity index (χ0v) is 18.8. The molecule has 0 spiro atoms. The maximum atomic E-state index is 13.1. The molecule has 0 saturated heterocycles. The van der Waals surface area contributed by atoms with Crippen molar-refractivity contribution in [3.8, 4) is 0 Å². The van der Waals surface area contributed by atoms with Crippen molar-refractivity contribution in [2.45, 2.75) is 43.0 Å². The molecule has 1 heterocycles. The number of carbonyl (C=O) groups excluding carboxylic acids is 2. The van der Waals surface area contributed by atoms with Crippen molar-refractivity contribution in [1.82, 2.24) is 4.31 Å². The van der Waals surface area contributed by atoms with Gasteiger partial charge in [0.2, 0.25) is 10.0 Å². The molecule has 1 aliphatic heterocycles. The lowest BCUT2D eigenvalue weighted by atomic mass is 9.96. The molecule has 0 atom stereocenters. The van der Waals surface area contributed by atoms with Crippen molar-refractivity contribution in [3.63, 3.8) is 0 Å². The van der Waals surface area contributed by atoms with Crippen molar-refractivity contribution < 1.29 is 32.2 Å². The molecule has 0 bridgehead atoms. The monoisotopic (exact) mass is 452 g/mol. The van der Waals surface area contributed by atoms with Crippen LogP contribution in [0, 0.1) is 0 Å². The topological polar surface area (TPSA) is 102 Å². The van der Waals surface area contributed by atoms with Gasteiger partial charge in [-0.25, -0.2) is 18.0 Å². The van der Waals surface area contributed by atoms with Gasteiger partial charge in [0.05, 0.1) is 31.3 Å². The van der Waals surface area contributed by atoms with E-state index >= 15 is 0 Å². The molecule has 0 radical (unpaired) electrons. The lowest BCUT2D eigenvalue weighted by Gasteiger charge is -2.32. The number of nitrogens with zero attached hydrogens (tertiary/aromatic N) is 2. The summed E-state index contributed by atoms with van der Waals surface area (Å²) in [5.41, 5.74) is 0.533. The first-order valence-electron chi connectivity index (χ1n) is 10.1. The number of anilines is 1. The van der Waals surface area contributed by atoms with Crippen LogP contribution in [0.5, 0.6) is 0 Å². The average Bonchev–Trinajstić information content (AvgIpc) is 2.82. The minimum atomic E-state index is -3.64. The van der Waals surface area contributed by atoms with Gasteiger partial charge in [-0.1, -0.05) is 19.3 Å². The van der Waals surface area contributed by atoms with Crippen LogP contribution in [0.4, 0.5) is 5.69 Å². The van der Waals surface area contributed by atoms with E-state index in [2.05, 4.69) is 0 Å². The van der Waals surface area contributed by atoms with Crippen LogP contribution >= 0.6 is 0 Å². The number of esters is 2. The molecule has 0 unspecified atom stereocenters. The van der Waals surface area contributed by atoms with E-state index in [0.29, 0.717) is 5.69 Å². The molecule has 170 valence electrons. The highest BCUT2D eigenvalue weighted by Gasteiger charge is 2.33. The van der Waals surface area contributed by atoms with Crippen LogP contribution in [0.15, 0.2) is 40.4 Å². The van der Waals surface area contributed by atoms with Gasteiger partial charge < -0.3 is 19.1 Å². The minimum Gasteiger partial charge on any atom is -0.466 e. The van der Waals surface area contributed by atoms with E-state index in [1.54, 1.807) is 19.2 Å². The number of hydrogen-bond donors (Lipinski definition) is 0. The van der Waals surface area contributed by atoms with Crippen molar-refractivity contribution in [2.24, 2.45) is 0 Å². The molecular formula is C21H28N2O7S. The largest absolute Gasteiger partial charge is 0.466 e. The molecule has 0 aromatic heterocycles. The minimum absolute atomic E-state index is 0.000991. The van der Waals surface area contributed by atoms with Crippen molar-refractivity contribution in [3.05, 3.63) is 35.5 Å². The molecule has 3 rings (SSSR count). The van der Waals surface area contributed by atoms with Gasteiger partial charge in [-0.05, 0) is 37.1 Å². The third-order valence-electron chi connectivity index (χ3n) is 5.75. The van der Waals surface area contributed by atoms with Gasteiger partial charge in [-0.2, -0.15) is 4.31 Å². The first-order chi connectivity index (χ1) is 14.8. The summed E-state index contributed by atoms with van der Waals surface area (Å²) in [7, 11) is 0.411. The summed E-state index contributed by atoms with van der Waals surface area (Å²) in [6, 6.07) is 6.14. The van der Waals surface area contributed by atoms with E-state index in [1.807, 2.05) is 0 Å². The van der Waals surface area contributed by atoms with Crippen LogP contribution in [-0.4, -0.2) is 65.3 Å². The second kappa shape index (κ2) is 9.80. The van der Waals surface area contributed by atoms with E-state index in [1.165, 1.54) is 35.6 Å². The molecule has 9 nitrogen and oxygen atoms in total. The van der Waals surface area contributed by atoms with Gasteiger partial charge in [0.15, 0.2) is 0 Å². The Labute approximate surface area is 182 Å². The SMILES string of the molecule is COC(=O)C1=C(C(=O)OC)N(c2ccc(S(=O)(=O)N(C)C3CCCCC3)cc2)COC1. The highest BCUT2D eigenvalue weighted by atomic mass is 32.2. The molecule has 1 aromatic carbocycles. The molecule has 2 aliphatic rings. The molecule has 0 amide bonds. The number of ether oxygens (including phenoxy) is 3. The highest BCUT2D eigenvalue weighted by Crippen LogP contribution is 2.30. The van der Waals surface area contributed by atoms with Crippen LogP contribution < -0.4 is 4.90 Å². The van der Waals surface area contributed by atoms with E-state index < -0.39 is 22.0 Å². The predicted octanol–water partition coefficient (Wildman–Crippen LogP) is 2.03. The van der Waals surface area contributed by atoms with Crippen LogP contribution in [0.1, 0.15) is 32.1 Å². The summed E-state index contributed by atoms with van der Waals surface area (Å²) in [6.07, 6.45) is 4.93. The number of hydrogen-bond acceptors (Lipinski definition) is 8. The van der Waals surface area contributed by atoms with E-state index in [9.17, 15) is 18.0 Å². The van der Waals surface area contributed by atoms with Gasteiger partial charge in [-0.3, -0.25) is 0 Å². The second-order valence-electron chi connectivity index (χ2n) is 7.52. The molecule has 0 N–H and O–H groups in total. The lowest BCUT2D eigenvalue weighted by molar-refractivity contribution is -0.140. The van der Waals surface area contributed by atoms with Gasteiger partial charge in [0.1, 0.15) is 12.4 Å². The number of benzene rings is 1. The van der Waals surface area contributed by atoms with Crippen molar-refractivity contribution in [2.75, 3.05) is 39.5 Å². The summed E-state index contributed by atoms with van der Waals surface area (Å²) in [5, 5.41) is 0. The zero-order valence-electron chi connectivity index (χ0n) is 18.0. The summed E-state index contributed by atoms with van der Waals surface area (Å²) < 4.78 is 42.6. The molecule has 10 heteroatoms. The Kier molecular flexibility index (Phi) is 7.34. The Morgan fingerprint density at radius 2 is 1.65 bits per heavy atom. The Hall–Kier alpha value is -2.43. The number of methoxy groups -OCH3 is 2. The Bertz CT molecular complexity index is 950. The summed E-state index contributed by atoms with van der Waals surface area (Å²) in [4.78, 5) is 26.1. The van der Waals surface area contributed by atoms with Gasteiger partial charge in [-0.15, -0.1) is 0 Å². The number of carbonyl (C=O) groups is 2. The van der Waals surface area contributed by atoms with E-state index in [-0.39, 0.29) is 35.5 Å². The molecular weight excluding hydrogens is 424 g/mol. The quantitative estimate of drug-likeness (QED) is 0.604. The zero-order chi connectivity index (χ0) is 22.6. The Morgan fingerprint density at radius 3 is 2.23 bits per heavy atom. The first kappa shape index (κ1) is 23.2. The number of rotatable bonds is 6. The van der Waals surface area contributed by atoms with Crippen LogP contribution in [0.3, 0.4) is 0 Å². The molecule has 1 fully saturated rings. The second-order valence-corrected chi connectivity index (χ2v) is 9.52. The summed E-state index contributed by atoms with van der Waals surface area (Å²) in [5.74, 6) is -1.41. The van der Waals surface area contributed by atoms with Crippen molar-refractivity contribution >= 4 is 27.6 Å². The van der Waals surface area contributed by atoms with Gasteiger partial charge >= 0.3 is 11.9 Å². The third-order valence-corrected chi connectivity index (χ3v) is 7.67. The maximum absolute atomic E-state index is 13.1. The Balaban J connectivity index is 1.90. The standard InChI is InChI=1S/C21H28N2O7S/c1-22(15-7-5-4-6-8-15)31(26,27)17-11-9-16(10-12-17)23-14-30-13-18(20(24)28-2)19(23)21(25)29-3/h9-12,15H,4-8,13-14H2,1-3H3. The summed E-state index contributed by atoms with van der Waals surface area (Å²) in [6.45, 7) is -0.0920. The van der Waals surface area contributed by atoms with Crippen LogP contribution in [0.25, 0.3) is 0 Å². The molecule has 1 aromatic rings. The highest BCUT2D eigenvalue weighted by molar-refractivity contribution is 7.89. The lowest BCUT2D eigenvalue weighted by Crippen LogP contribution is -2.39. The van der Waals surface area contributed by atoms with Gasteiger partial charge in [0.25, 0.3) is 0 Å². The fourth-order valence-corrected chi connectivity index (χ4v) is 5.37. The third kappa shape index (κ3) is 4.76. The summed E-state index contributed by atoms with van der Waals surface area (Å²) >= 11 is 0. The number of sulfonamides is 1. The molecule has 1 saturated carbocycles. The fourth-order valence-electron chi connectivity index (χ4n) is 3.95. The van der Waals surface area contributed by atoms with E-state index in [4.69, 9.17) is 14.2 Å².